The normalized spacial score (nSPS) is 14.4. The van der Waals surface area contributed by atoms with Crippen molar-refractivity contribution in [3.05, 3.63) is 0 Å². The molecule has 0 aromatic heterocycles. The predicted molar refractivity (Wildman–Crippen MR) is 168 cm³/mol. The van der Waals surface area contributed by atoms with Crippen LogP contribution in [0.5, 0.6) is 0 Å². The zero-order valence-corrected chi connectivity index (χ0v) is 28.3. The van der Waals surface area contributed by atoms with Crippen LogP contribution in [-0.2, 0) is 8.85 Å². The lowest BCUT2D eigenvalue weighted by molar-refractivity contribution is 0.282. The van der Waals surface area contributed by atoms with Gasteiger partial charge in [-0.2, -0.15) is 11.8 Å². The van der Waals surface area contributed by atoms with Gasteiger partial charge in [0.2, 0.25) is 16.6 Å². The molecular weight excluding hydrogens is 481 g/mol. The van der Waals surface area contributed by atoms with E-state index in [2.05, 4.69) is 67.2 Å². The van der Waals surface area contributed by atoms with Crippen molar-refractivity contribution >= 4 is 28.4 Å². The van der Waals surface area contributed by atoms with Gasteiger partial charge in [-0.05, 0) is 37.0 Å². The zero-order valence-electron chi connectivity index (χ0n) is 25.5. The van der Waals surface area contributed by atoms with Gasteiger partial charge >= 0.3 is 0 Å². The number of rotatable bonds is 26. The Balaban J connectivity index is 5.81. The first kappa shape index (κ1) is 35.7. The third kappa shape index (κ3) is 14.4. The first-order chi connectivity index (χ1) is 16.9. The maximum atomic E-state index is 7.08. The van der Waals surface area contributed by atoms with Crippen molar-refractivity contribution < 1.29 is 8.85 Å². The van der Waals surface area contributed by atoms with Crippen LogP contribution in [0.3, 0.4) is 0 Å². The number of thioether (sulfide) groups is 1. The molecule has 0 saturated carbocycles. The Morgan fingerprint density at radius 2 is 0.743 bits per heavy atom. The minimum Gasteiger partial charge on any atom is -0.416 e. The molecule has 0 rings (SSSR count). The molecule has 2 nitrogen and oxygen atoms in total. The monoisotopic (exact) mass is 546 g/mol. The Morgan fingerprint density at radius 1 is 0.457 bits per heavy atom. The third-order valence-corrected chi connectivity index (χ3v) is 21.5. The largest absolute Gasteiger partial charge is 0.416 e. The molecule has 0 fully saturated rings. The topological polar surface area (TPSA) is 18.5 Å². The van der Waals surface area contributed by atoms with E-state index in [-0.39, 0.29) is 0 Å². The van der Waals surface area contributed by atoms with E-state index in [9.17, 15) is 0 Å². The second-order valence-corrected chi connectivity index (χ2v) is 22.2. The molecule has 0 N–H and O–H groups in total. The number of hydrogen-bond donors (Lipinski definition) is 0. The summed E-state index contributed by atoms with van der Waals surface area (Å²) in [7, 11) is -3.62. The van der Waals surface area contributed by atoms with E-state index in [0.29, 0.717) is 9.75 Å². The molecule has 0 aliphatic heterocycles. The van der Waals surface area contributed by atoms with Crippen molar-refractivity contribution in [2.75, 3.05) is 13.2 Å². The van der Waals surface area contributed by atoms with Crippen molar-refractivity contribution in [1.82, 2.24) is 0 Å². The van der Waals surface area contributed by atoms with Gasteiger partial charge in [0.25, 0.3) is 0 Å². The van der Waals surface area contributed by atoms with Gasteiger partial charge in [0.1, 0.15) is 0 Å². The van der Waals surface area contributed by atoms with Gasteiger partial charge in [0.05, 0.1) is 0 Å². The fourth-order valence-corrected chi connectivity index (χ4v) is 19.4. The Morgan fingerprint density at radius 3 is 1.00 bits per heavy atom. The second kappa shape index (κ2) is 22.7. The molecule has 0 heterocycles. The smallest absolute Gasteiger partial charge is 0.205 e. The zero-order chi connectivity index (χ0) is 26.4. The van der Waals surface area contributed by atoms with Gasteiger partial charge in [0, 0.05) is 23.0 Å². The average Bonchev–Trinajstić information content (AvgIpc) is 2.86. The predicted octanol–water partition coefficient (Wildman–Crippen LogP) is 11.1. The van der Waals surface area contributed by atoms with Crippen LogP contribution in [0.4, 0.5) is 0 Å². The minimum atomic E-state index is -1.81. The van der Waals surface area contributed by atoms with Crippen molar-refractivity contribution in [1.29, 1.82) is 0 Å². The summed E-state index contributed by atoms with van der Waals surface area (Å²) in [5, 5.41) is 0. The molecule has 2 unspecified atom stereocenters. The maximum absolute atomic E-state index is 7.08. The fourth-order valence-electron chi connectivity index (χ4n) is 5.30. The highest BCUT2D eigenvalue weighted by Gasteiger charge is 2.46. The lowest BCUT2D eigenvalue weighted by atomic mass is 10.3. The van der Waals surface area contributed by atoms with E-state index in [1.807, 2.05) is 0 Å². The van der Waals surface area contributed by atoms with Crippen LogP contribution in [-0.4, -0.2) is 39.6 Å². The lowest BCUT2D eigenvalue weighted by Crippen LogP contribution is -2.53. The molecule has 212 valence electrons. The van der Waals surface area contributed by atoms with Crippen LogP contribution in [0.25, 0.3) is 0 Å². The van der Waals surface area contributed by atoms with E-state index in [4.69, 9.17) is 8.85 Å². The molecule has 35 heavy (non-hydrogen) atoms. The molecule has 0 aromatic carbocycles. The summed E-state index contributed by atoms with van der Waals surface area (Å²) in [4.78, 5) is 1.32. The molecule has 0 saturated heterocycles. The maximum Gasteiger partial charge on any atom is 0.205 e. The molecular formula is C30H66O2SSi2. The number of hydrogen-bond acceptors (Lipinski definition) is 3. The van der Waals surface area contributed by atoms with Crippen LogP contribution in [0.1, 0.15) is 145 Å². The van der Waals surface area contributed by atoms with Crippen LogP contribution >= 0.6 is 11.8 Å². The molecule has 5 heteroatoms. The lowest BCUT2D eigenvalue weighted by Gasteiger charge is -2.42. The molecule has 0 bridgehead atoms. The molecule has 0 amide bonds. The van der Waals surface area contributed by atoms with Crippen LogP contribution < -0.4 is 0 Å². The SMILES string of the molecule is CCCCCO[Si](CCCC)(CCCC)C(C)SC(C)[Si](CCCC)(CCCC)OCCCCC. The van der Waals surface area contributed by atoms with Crippen molar-refractivity contribution in [2.24, 2.45) is 0 Å². The van der Waals surface area contributed by atoms with E-state index in [1.165, 1.54) is 114 Å². The van der Waals surface area contributed by atoms with Crippen LogP contribution in [0, 0.1) is 0 Å². The summed E-state index contributed by atoms with van der Waals surface area (Å²) in [5.74, 6) is 0. The first-order valence-corrected chi connectivity index (χ1v) is 21.6. The second-order valence-electron chi connectivity index (χ2n) is 11.1. The molecule has 0 aromatic rings. The average molecular weight is 547 g/mol. The molecule has 2 atom stereocenters. The summed E-state index contributed by atoms with van der Waals surface area (Å²) in [5.41, 5.74) is 0. The van der Waals surface area contributed by atoms with E-state index in [0.717, 1.165) is 13.2 Å². The van der Waals surface area contributed by atoms with E-state index < -0.39 is 16.6 Å². The van der Waals surface area contributed by atoms with E-state index in [1.54, 1.807) is 0 Å². The van der Waals surface area contributed by atoms with Crippen LogP contribution in [0.2, 0.25) is 24.2 Å². The molecule has 0 radical (unpaired) electrons. The fraction of sp³-hybridized carbons (Fsp3) is 1.00. The first-order valence-electron chi connectivity index (χ1n) is 15.8. The van der Waals surface area contributed by atoms with Gasteiger partial charge in [-0.15, -0.1) is 0 Å². The molecule has 0 aliphatic carbocycles. The van der Waals surface area contributed by atoms with Gasteiger partial charge in [0.15, 0.2) is 0 Å². The Hall–Kier alpha value is 0.704. The van der Waals surface area contributed by atoms with Crippen molar-refractivity contribution in [3.8, 4) is 0 Å². The highest BCUT2D eigenvalue weighted by Crippen LogP contribution is 2.41. The minimum absolute atomic E-state index is 0.659. The quantitative estimate of drug-likeness (QED) is 0.0793. The van der Waals surface area contributed by atoms with Gasteiger partial charge in [-0.3, -0.25) is 0 Å². The third-order valence-electron chi connectivity index (χ3n) is 7.98. The van der Waals surface area contributed by atoms with Gasteiger partial charge < -0.3 is 8.85 Å². The highest BCUT2D eigenvalue weighted by molar-refractivity contribution is 8.03. The summed E-state index contributed by atoms with van der Waals surface area (Å²) in [6, 6.07) is 5.41. The Labute approximate surface area is 229 Å². The Bertz CT molecular complexity index is 408. The Kier molecular flexibility index (Phi) is 23.1. The van der Waals surface area contributed by atoms with Gasteiger partial charge in [-0.25, -0.2) is 0 Å². The van der Waals surface area contributed by atoms with Crippen molar-refractivity contribution in [3.63, 3.8) is 0 Å². The summed E-state index contributed by atoms with van der Waals surface area (Å²) < 4.78 is 14.2. The van der Waals surface area contributed by atoms with Crippen LogP contribution in [0.15, 0.2) is 0 Å². The molecule has 0 aliphatic rings. The molecule has 0 spiro atoms. The summed E-state index contributed by atoms with van der Waals surface area (Å²) in [6.45, 7) is 21.1. The van der Waals surface area contributed by atoms with Crippen molar-refractivity contribution in [2.45, 2.75) is 179 Å². The standard InChI is InChI=1S/C30H66O2SSi2/c1-9-15-21-23-31-34(25-17-11-3,26-18-12-4)29(7)33-30(8)35(27-19-13-5,28-20-14-6)32-24-22-16-10-2/h29-30H,9-28H2,1-8H3. The van der Waals surface area contributed by atoms with E-state index >= 15 is 0 Å². The summed E-state index contributed by atoms with van der Waals surface area (Å²) >= 11 is 2.32. The highest BCUT2D eigenvalue weighted by atomic mass is 32.2. The summed E-state index contributed by atoms with van der Waals surface area (Å²) in [6.07, 6.45) is 18.2. The number of unbranched alkanes of at least 4 members (excludes halogenated alkanes) is 8. The van der Waals surface area contributed by atoms with Gasteiger partial charge in [-0.1, -0.05) is 132 Å².